The number of rotatable bonds is 14. The Morgan fingerprint density at radius 3 is 2.32 bits per heavy atom. The summed E-state index contributed by atoms with van der Waals surface area (Å²) in [7, 11) is -4.30. The van der Waals surface area contributed by atoms with E-state index >= 15 is 0 Å². The van der Waals surface area contributed by atoms with E-state index in [0.29, 0.717) is 18.9 Å². The van der Waals surface area contributed by atoms with E-state index in [1.54, 1.807) is 31.2 Å². The summed E-state index contributed by atoms with van der Waals surface area (Å²) in [5.41, 5.74) is 0.975. The number of carbonyl (C=O) groups is 2. The molecule has 0 bridgehead atoms. The van der Waals surface area contributed by atoms with Gasteiger partial charge in [-0.05, 0) is 86.5 Å². The zero-order valence-electron chi connectivity index (χ0n) is 23.3. The van der Waals surface area contributed by atoms with Gasteiger partial charge >= 0.3 is 0 Å². The van der Waals surface area contributed by atoms with Crippen molar-refractivity contribution in [1.29, 1.82) is 0 Å². The van der Waals surface area contributed by atoms with Crippen LogP contribution in [-0.4, -0.2) is 50.9 Å². The molecule has 0 unspecified atom stereocenters. The van der Waals surface area contributed by atoms with Gasteiger partial charge in [-0.1, -0.05) is 41.4 Å². The van der Waals surface area contributed by atoms with E-state index in [1.165, 1.54) is 4.90 Å². The second-order valence-corrected chi connectivity index (χ2v) is 12.1. The van der Waals surface area contributed by atoms with E-state index in [9.17, 15) is 22.4 Å². The summed E-state index contributed by atoms with van der Waals surface area (Å²) in [6, 6.07) is 17.2. The Morgan fingerprint density at radius 2 is 1.71 bits per heavy atom. The summed E-state index contributed by atoms with van der Waals surface area (Å²) in [5.74, 6) is -0.968. The predicted molar refractivity (Wildman–Crippen MR) is 161 cm³/mol. The van der Waals surface area contributed by atoms with Crippen LogP contribution in [0, 0.1) is 5.82 Å². The van der Waals surface area contributed by atoms with Gasteiger partial charge in [-0.15, -0.1) is 0 Å². The molecule has 0 aliphatic carbocycles. The number of benzene rings is 3. The van der Waals surface area contributed by atoms with Crippen molar-refractivity contribution in [3.05, 3.63) is 88.6 Å². The Hall–Kier alpha value is -3.44. The predicted octanol–water partition coefficient (Wildman–Crippen LogP) is 5.52. The van der Waals surface area contributed by atoms with E-state index in [2.05, 4.69) is 21.2 Å². The third-order valence-electron chi connectivity index (χ3n) is 6.36. The average molecular weight is 649 g/mol. The van der Waals surface area contributed by atoms with Gasteiger partial charge in [-0.2, -0.15) is 0 Å². The Kier molecular flexibility index (Phi) is 11.7. The number of carbonyl (C=O) groups excluding carboxylic acids is 2. The molecule has 0 aromatic heterocycles. The van der Waals surface area contributed by atoms with Crippen molar-refractivity contribution >= 4 is 43.5 Å². The van der Waals surface area contributed by atoms with Gasteiger partial charge in [0.25, 0.3) is 10.0 Å². The van der Waals surface area contributed by atoms with Crippen molar-refractivity contribution in [3.8, 4) is 5.75 Å². The lowest BCUT2D eigenvalue weighted by Crippen LogP contribution is -2.51. The van der Waals surface area contributed by atoms with Crippen molar-refractivity contribution in [2.24, 2.45) is 0 Å². The van der Waals surface area contributed by atoms with Crippen LogP contribution >= 0.6 is 15.9 Å². The largest absolute Gasteiger partial charge is 0.494 e. The Balaban J connectivity index is 2.00. The van der Waals surface area contributed by atoms with Crippen LogP contribution in [0.1, 0.15) is 39.2 Å². The van der Waals surface area contributed by atoms with Gasteiger partial charge in [0.2, 0.25) is 11.8 Å². The molecule has 1 atom stereocenters. The van der Waals surface area contributed by atoms with E-state index < -0.39 is 34.3 Å². The van der Waals surface area contributed by atoms with Gasteiger partial charge in [0, 0.05) is 17.6 Å². The topological polar surface area (TPSA) is 96.0 Å². The van der Waals surface area contributed by atoms with Crippen molar-refractivity contribution < 1.29 is 27.1 Å². The van der Waals surface area contributed by atoms with Gasteiger partial charge in [-0.25, -0.2) is 12.8 Å². The van der Waals surface area contributed by atoms with Crippen LogP contribution in [-0.2, 0) is 26.2 Å². The highest BCUT2D eigenvalue weighted by molar-refractivity contribution is 9.10. The molecule has 0 aliphatic rings. The molecule has 0 aliphatic heterocycles. The van der Waals surface area contributed by atoms with Crippen molar-refractivity contribution in [3.63, 3.8) is 0 Å². The Labute approximate surface area is 249 Å². The number of hydrogen-bond acceptors (Lipinski definition) is 5. The average Bonchev–Trinajstić information content (AvgIpc) is 2.95. The molecule has 0 heterocycles. The van der Waals surface area contributed by atoms with Gasteiger partial charge < -0.3 is 15.0 Å². The summed E-state index contributed by atoms with van der Waals surface area (Å²) in [6.45, 7) is 5.84. The van der Waals surface area contributed by atoms with Crippen LogP contribution in [0.25, 0.3) is 0 Å². The van der Waals surface area contributed by atoms with Crippen molar-refractivity contribution in [1.82, 2.24) is 10.2 Å². The maximum atomic E-state index is 13.9. The first kappa shape index (κ1) is 32.1. The molecule has 3 rings (SSSR count). The molecule has 3 aromatic rings. The lowest BCUT2D eigenvalue weighted by Gasteiger charge is -2.32. The molecule has 0 radical (unpaired) electrons. The molecule has 0 saturated carbocycles. The normalized spacial score (nSPS) is 11.9. The second-order valence-electron chi connectivity index (χ2n) is 9.36. The van der Waals surface area contributed by atoms with Crippen molar-refractivity contribution in [2.45, 2.75) is 51.1 Å². The van der Waals surface area contributed by atoms with Gasteiger partial charge in [-0.3, -0.25) is 13.9 Å². The van der Waals surface area contributed by atoms with E-state index in [1.807, 2.05) is 38.1 Å². The minimum atomic E-state index is -4.30. The summed E-state index contributed by atoms with van der Waals surface area (Å²) in [4.78, 5) is 28.2. The highest BCUT2D eigenvalue weighted by atomic mass is 79.9. The zero-order valence-corrected chi connectivity index (χ0v) is 25.8. The number of ether oxygens (including phenoxy) is 1. The summed E-state index contributed by atoms with van der Waals surface area (Å²) < 4.78 is 48.5. The molecule has 0 spiro atoms. The molecular weight excluding hydrogens is 613 g/mol. The standard InChI is InChI=1S/C30H35BrFN3O5S/c1-4-6-18-33-30(37)22(3)34(20-23-8-7-9-24(31)19-23)29(36)21-35(26-12-14-27(15-13-26)40-5-2)41(38,39)28-16-10-25(32)11-17-28/h7-17,19,22H,4-6,18,20-21H2,1-3H3,(H,33,37)/t22-/m1/s1. The first-order valence-corrected chi connectivity index (χ1v) is 15.6. The molecule has 41 heavy (non-hydrogen) atoms. The number of sulfonamides is 1. The third-order valence-corrected chi connectivity index (χ3v) is 8.64. The van der Waals surface area contributed by atoms with Crippen molar-refractivity contribution in [2.75, 3.05) is 24.0 Å². The highest BCUT2D eigenvalue weighted by Gasteiger charge is 2.32. The van der Waals surface area contributed by atoms with E-state index in [-0.39, 0.29) is 23.0 Å². The molecule has 11 heteroatoms. The van der Waals surface area contributed by atoms with E-state index in [0.717, 1.165) is 51.4 Å². The molecule has 1 N–H and O–H groups in total. The molecular formula is C30H35BrFN3O5S. The number of hydrogen-bond donors (Lipinski definition) is 1. The fraction of sp³-hybridized carbons (Fsp3) is 0.333. The maximum Gasteiger partial charge on any atom is 0.264 e. The molecule has 0 fully saturated rings. The lowest BCUT2D eigenvalue weighted by molar-refractivity contribution is -0.139. The fourth-order valence-corrected chi connectivity index (χ4v) is 5.95. The first-order chi connectivity index (χ1) is 19.6. The molecule has 3 aromatic carbocycles. The number of halogens is 2. The minimum Gasteiger partial charge on any atom is -0.494 e. The number of nitrogens with zero attached hydrogens (tertiary/aromatic N) is 2. The minimum absolute atomic E-state index is 0.0777. The van der Waals surface area contributed by atoms with Crippen LogP contribution in [0.2, 0.25) is 0 Å². The number of unbranched alkanes of at least 4 members (excludes halogenated alkanes) is 1. The van der Waals surface area contributed by atoms with Gasteiger partial charge in [0.15, 0.2) is 0 Å². The summed E-state index contributed by atoms with van der Waals surface area (Å²) >= 11 is 3.43. The first-order valence-electron chi connectivity index (χ1n) is 13.4. The number of anilines is 1. The SMILES string of the molecule is CCCCNC(=O)[C@@H](C)N(Cc1cccc(Br)c1)C(=O)CN(c1ccc(OCC)cc1)S(=O)(=O)c1ccc(F)cc1. The van der Waals surface area contributed by atoms with Crippen LogP contribution in [0.5, 0.6) is 5.75 Å². The fourth-order valence-electron chi connectivity index (χ4n) is 4.09. The third kappa shape index (κ3) is 8.77. The second kappa shape index (κ2) is 15.0. The zero-order chi connectivity index (χ0) is 30.0. The smallest absolute Gasteiger partial charge is 0.264 e. The lowest BCUT2D eigenvalue weighted by atomic mass is 10.1. The highest BCUT2D eigenvalue weighted by Crippen LogP contribution is 2.27. The summed E-state index contributed by atoms with van der Waals surface area (Å²) in [5, 5.41) is 2.86. The molecule has 2 amide bonds. The van der Waals surface area contributed by atoms with Crippen LogP contribution in [0.15, 0.2) is 82.2 Å². The Bertz CT molecular complexity index is 1420. The molecule has 220 valence electrons. The van der Waals surface area contributed by atoms with Gasteiger partial charge in [0.05, 0.1) is 17.2 Å². The van der Waals surface area contributed by atoms with Crippen LogP contribution in [0.4, 0.5) is 10.1 Å². The van der Waals surface area contributed by atoms with Crippen LogP contribution < -0.4 is 14.4 Å². The summed E-state index contributed by atoms with van der Waals surface area (Å²) in [6.07, 6.45) is 1.69. The number of nitrogens with one attached hydrogen (secondary N) is 1. The van der Waals surface area contributed by atoms with E-state index in [4.69, 9.17) is 4.74 Å². The monoisotopic (exact) mass is 647 g/mol. The number of amides is 2. The van der Waals surface area contributed by atoms with Crippen LogP contribution in [0.3, 0.4) is 0 Å². The maximum absolute atomic E-state index is 13.9. The Morgan fingerprint density at radius 1 is 1.02 bits per heavy atom. The quantitative estimate of drug-likeness (QED) is 0.233. The molecule has 8 nitrogen and oxygen atoms in total. The van der Waals surface area contributed by atoms with Gasteiger partial charge in [0.1, 0.15) is 24.2 Å². The molecule has 0 saturated heterocycles.